The van der Waals surface area contributed by atoms with Gasteiger partial charge in [-0.05, 0) is 46.7 Å². The van der Waals surface area contributed by atoms with Crippen molar-refractivity contribution < 1.29 is 4.63 Å². The predicted octanol–water partition coefficient (Wildman–Crippen LogP) is 3.80. The normalized spacial score (nSPS) is 14.8. The zero-order chi connectivity index (χ0) is 19.1. The number of fused-ring (bicyclic) bond motifs is 2. The van der Waals surface area contributed by atoms with Gasteiger partial charge in [0.2, 0.25) is 0 Å². The highest BCUT2D eigenvalue weighted by molar-refractivity contribution is 5.95. The van der Waals surface area contributed by atoms with Crippen LogP contribution in [0.3, 0.4) is 0 Å². The van der Waals surface area contributed by atoms with E-state index in [1.165, 1.54) is 11.1 Å². The summed E-state index contributed by atoms with van der Waals surface area (Å²) < 4.78 is 4.85. The molecule has 0 unspecified atom stereocenters. The van der Waals surface area contributed by atoms with Crippen LogP contribution in [0.15, 0.2) is 52.3 Å². The summed E-state index contributed by atoms with van der Waals surface area (Å²) in [6.45, 7) is 5.42. The summed E-state index contributed by atoms with van der Waals surface area (Å²) in [5, 5.41) is 12.0. The van der Waals surface area contributed by atoms with Gasteiger partial charge in [0, 0.05) is 42.9 Å². The summed E-state index contributed by atoms with van der Waals surface area (Å²) in [4.78, 5) is 20.2. The summed E-state index contributed by atoms with van der Waals surface area (Å²) in [5.41, 5.74) is 5.41. The molecule has 1 aliphatic rings. The van der Waals surface area contributed by atoms with Crippen molar-refractivity contribution in [1.29, 1.82) is 0 Å². The van der Waals surface area contributed by atoms with Crippen molar-refractivity contribution >= 4 is 39.0 Å². The Bertz CT molecular complexity index is 1180. The van der Waals surface area contributed by atoms with Crippen molar-refractivity contribution in [2.24, 2.45) is 5.18 Å². The Labute approximate surface area is 160 Å². The summed E-state index contributed by atoms with van der Waals surface area (Å²) in [7, 11) is 0. The highest BCUT2D eigenvalue weighted by Crippen LogP contribution is 2.33. The molecule has 1 aliphatic heterocycles. The van der Waals surface area contributed by atoms with Crippen LogP contribution in [-0.2, 0) is 0 Å². The molecule has 4 aromatic rings. The van der Waals surface area contributed by atoms with E-state index in [-0.39, 0.29) is 5.69 Å². The van der Waals surface area contributed by atoms with Crippen molar-refractivity contribution in [3.63, 3.8) is 0 Å². The quantitative estimate of drug-likeness (QED) is 0.504. The lowest BCUT2D eigenvalue weighted by Crippen LogP contribution is -2.46. The third-order valence-corrected chi connectivity index (χ3v) is 5.25. The summed E-state index contributed by atoms with van der Waals surface area (Å²) in [6, 6.07) is 13.9. The fraction of sp³-hybridized carbons (Fsp3) is 0.250. The van der Waals surface area contributed by atoms with E-state index in [1.807, 2.05) is 19.1 Å². The predicted molar refractivity (Wildman–Crippen MR) is 108 cm³/mol. The Kier molecular flexibility index (Phi) is 3.89. The molecule has 0 bridgehead atoms. The van der Waals surface area contributed by atoms with E-state index in [0.29, 0.717) is 11.0 Å². The van der Waals surface area contributed by atoms with Crippen molar-refractivity contribution in [2.45, 2.75) is 6.92 Å². The van der Waals surface area contributed by atoms with E-state index in [9.17, 15) is 4.91 Å². The Morgan fingerprint density at radius 2 is 1.64 bits per heavy atom. The first-order valence-electron chi connectivity index (χ1n) is 9.19. The van der Waals surface area contributed by atoms with Gasteiger partial charge in [0.1, 0.15) is 5.69 Å². The molecule has 0 aliphatic carbocycles. The van der Waals surface area contributed by atoms with Crippen LogP contribution in [0.1, 0.15) is 5.69 Å². The van der Waals surface area contributed by atoms with Crippen LogP contribution in [0.25, 0.3) is 21.9 Å². The SMILES string of the molecule is Cc1cc(N2CCN(c3ccc(N=O)c4nonc34)CC2)c2ccccc2n1. The van der Waals surface area contributed by atoms with Crippen LogP contribution in [0.4, 0.5) is 17.1 Å². The molecule has 8 heteroatoms. The lowest BCUT2D eigenvalue weighted by molar-refractivity contribution is 0.315. The number of nitroso groups, excluding NO2 is 1. The minimum absolute atomic E-state index is 0.248. The molecule has 1 fully saturated rings. The lowest BCUT2D eigenvalue weighted by atomic mass is 10.1. The van der Waals surface area contributed by atoms with Gasteiger partial charge in [0.05, 0.1) is 11.2 Å². The van der Waals surface area contributed by atoms with E-state index >= 15 is 0 Å². The van der Waals surface area contributed by atoms with Gasteiger partial charge in [0.25, 0.3) is 0 Å². The molecule has 1 saturated heterocycles. The van der Waals surface area contributed by atoms with E-state index in [1.54, 1.807) is 6.07 Å². The van der Waals surface area contributed by atoms with Gasteiger partial charge in [-0.3, -0.25) is 4.98 Å². The molecule has 0 saturated carbocycles. The summed E-state index contributed by atoms with van der Waals surface area (Å²) in [6.07, 6.45) is 0. The van der Waals surface area contributed by atoms with Gasteiger partial charge in [-0.2, -0.15) is 0 Å². The third kappa shape index (κ3) is 2.65. The number of pyridine rings is 1. The number of piperazine rings is 1. The number of nitrogens with zero attached hydrogens (tertiary/aromatic N) is 6. The number of para-hydroxylation sites is 1. The number of hydrogen-bond acceptors (Lipinski definition) is 8. The maximum Gasteiger partial charge on any atom is 0.166 e. The second kappa shape index (κ2) is 6.56. The molecule has 2 aromatic heterocycles. The molecule has 0 spiro atoms. The average Bonchev–Trinajstić information content (AvgIpc) is 3.22. The van der Waals surface area contributed by atoms with Crippen LogP contribution in [0, 0.1) is 11.8 Å². The number of rotatable bonds is 3. The molecule has 0 amide bonds. The highest BCUT2D eigenvalue weighted by atomic mass is 16.6. The third-order valence-electron chi connectivity index (χ3n) is 5.25. The topological polar surface area (TPSA) is 87.7 Å². The molecule has 5 rings (SSSR count). The van der Waals surface area contributed by atoms with Crippen LogP contribution in [0.2, 0.25) is 0 Å². The van der Waals surface area contributed by atoms with Crippen molar-refractivity contribution in [2.75, 3.05) is 36.0 Å². The van der Waals surface area contributed by atoms with E-state index < -0.39 is 0 Å². The maximum atomic E-state index is 11.0. The van der Waals surface area contributed by atoms with Crippen LogP contribution in [0.5, 0.6) is 0 Å². The minimum Gasteiger partial charge on any atom is -0.367 e. The summed E-state index contributed by atoms with van der Waals surface area (Å²) in [5.74, 6) is 0. The number of hydrogen-bond donors (Lipinski definition) is 0. The first kappa shape index (κ1) is 16.6. The monoisotopic (exact) mass is 374 g/mol. The Balaban J connectivity index is 1.44. The molecule has 2 aromatic carbocycles. The van der Waals surface area contributed by atoms with Crippen molar-refractivity contribution in [1.82, 2.24) is 15.3 Å². The minimum atomic E-state index is 0.248. The molecular weight excluding hydrogens is 356 g/mol. The first-order valence-corrected chi connectivity index (χ1v) is 9.19. The molecule has 0 atom stereocenters. The van der Waals surface area contributed by atoms with E-state index in [2.05, 4.69) is 54.5 Å². The second-order valence-corrected chi connectivity index (χ2v) is 6.93. The Hall–Kier alpha value is -3.55. The molecule has 0 radical (unpaired) electrons. The Morgan fingerprint density at radius 1 is 0.929 bits per heavy atom. The van der Waals surface area contributed by atoms with Gasteiger partial charge in [0.15, 0.2) is 11.0 Å². The number of aromatic nitrogens is 3. The fourth-order valence-corrected chi connectivity index (χ4v) is 3.90. The molecular formula is C20H18N6O2. The largest absolute Gasteiger partial charge is 0.367 e. The standard InChI is InChI=1S/C20H18N6O2/c1-13-12-18(14-4-2-3-5-15(14)21-13)26-10-8-25(9-11-26)17-7-6-16(22-27)19-20(17)24-28-23-19/h2-7,12H,8-11H2,1H3. The fourth-order valence-electron chi connectivity index (χ4n) is 3.90. The first-order chi connectivity index (χ1) is 13.7. The van der Waals surface area contributed by atoms with Crippen LogP contribution in [-0.4, -0.2) is 41.5 Å². The number of anilines is 2. The van der Waals surface area contributed by atoms with Crippen molar-refractivity contribution in [3.8, 4) is 0 Å². The lowest BCUT2D eigenvalue weighted by Gasteiger charge is -2.37. The highest BCUT2D eigenvalue weighted by Gasteiger charge is 2.23. The van der Waals surface area contributed by atoms with Gasteiger partial charge in [-0.25, -0.2) is 4.63 Å². The number of benzene rings is 2. The van der Waals surface area contributed by atoms with E-state index in [0.717, 1.165) is 43.1 Å². The zero-order valence-electron chi connectivity index (χ0n) is 15.4. The van der Waals surface area contributed by atoms with Gasteiger partial charge in [-0.1, -0.05) is 18.2 Å². The van der Waals surface area contributed by atoms with Gasteiger partial charge >= 0.3 is 0 Å². The molecule has 140 valence electrons. The van der Waals surface area contributed by atoms with Gasteiger partial charge in [-0.15, -0.1) is 4.91 Å². The molecule has 8 nitrogen and oxygen atoms in total. The van der Waals surface area contributed by atoms with Crippen LogP contribution < -0.4 is 9.80 Å². The van der Waals surface area contributed by atoms with Crippen LogP contribution >= 0.6 is 0 Å². The van der Waals surface area contributed by atoms with Gasteiger partial charge < -0.3 is 9.80 Å². The molecule has 0 N–H and O–H groups in total. The molecule has 28 heavy (non-hydrogen) atoms. The second-order valence-electron chi connectivity index (χ2n) is 6.93. The van der Waals surface area contributed by atoms with Crippen molar-refractivity contribution in [3.05, 3.63) is 53.1 Å². The zero-order valence-corrected chi connectivity index (χ0v) is 15.4. The smallest absolute Gasteiger partial charge is 0.166 e. The summed E-state index contributed by atoms with van der Waals surface area (Å²) >= 11 is 0. The average molecular weight is 374 g/mol. The Morgan fingerprint density at radius 3 is 2.43 bits per heavy atom. The molecule has 3 heterocycles. The number of aryl methyl sites for hydroxylation is 1. The van der Waals surface area contributed by atoms with E-state index in [4.69, 9.17) is 4.63 Å². The maximum absolute atomic E-state index is 11.0.